The lowest BCUT2D eigenvalue weighted by molar-refractivity contribution is 1.04. The molecule has 8 rings (SSSR count). The molecule has 39 heavy (non-hydrogen) atoms. The summed E-state index contributed by atoms with van der Waals surface area (Å²) in [7, 11) is 0. The van der Waals surface area contributed by atoms with Gasteiger partial charge >= 0.3 is 0 Å². The zero-order valence-corrected chi connectivity index (χ0v) is 21.4. The van der Waals surface area contributed by atoms with Crippen LogP contribution in [0.5, 0.6) is 0 Å². The number of aromatic nitrogens is 1. The lowest BCUT2D eigenvalue weighted by Gasteiger charge is -2.11. The molecule has 5 aromatic carbocycles. The highest BCUT2D eigenvalue weighted by atomic mass is 16.1. The number of fused-ring (bicyclic) bond motifs is 5. The Morgan fingerprint density at radius 1 is 0.513 bits per heavy atom. The summed E-state index contributed by atoms with van der Waals surface area (Å²) >= 11 is 0. The van der Waals surface area contributed by atoms with E-state index in [1.54, 1.807) is 0 Å². The highest BCUT2D eigenvalue weighted by Crippen LogP contribution is 2.40. The van der Waals surface area contributed by atoms with E-state index in [1.165, 1.54) is 16.7 Å². The number of hydrogen-bond acceptors (Lipinski definition) is 1. The fourth-order valence-corrected chi connectivity index (χ4v) is 6.25. The van der Waals surface area contributed by atoms with Gasteiger partial charge in [-0.15, -0.1) is 0 Å². The van der Waals surface area contributed by atoms with Crippen LogP contribution in [0.4, 0.5) is 0 Å². The van der Waals surface area contributed by atoms with Crippen molar-refractivity contribution in [2.75, 3.05) is 0 Å². The third-order valence-corrected chi connectivity index (χ3v) is 8.15. The van der Waals surface area contributed by atoms with Crippen LogP contribution in [0.25, 0.3) is 65.8 Å². The molecule has 2 aromatic heterocycles. The Morgan fingerprint density at radius 2 is 1.15 bits per heavy atom. The van der Waals surface area contributed by atoms with E-state index in [0.717, 1.165) is 67.5 Å². The monoisotopic (exact) mass is 499 g/mol. The van der Waals surface area contributed by atoms with Gasteiger partial charge in [0.2, 0.25) is 0 Å². The minimum Gasteiger partial charge on any atom is -0.275 e. The summed E-state index contributed by atoms with van der Waals surface area (Å²) in [4.78, 5) is 14.1. The standard InChI is InChI=1S/C37H25NO/c39-37-30-18-16-27(24-10-4-1-5-11-24)20-31(30)33-22-29(26-14-8-3-9-15-26)23-34-32-21-28(25-12-6-2-7-13-25)17-19-35(32)38(37)36(33)34/h1,3-6,8-23H,2,7H2. The van der Waals surface area contributed by atoms with Crippen molar-refractivity contribution in [2.45, 2.75) is 12.8 Å². The van der Waals surface area contributed by atoms with Crippen LogP contribution < -0.4 is 5.56 Å². The Bertz CT molecular complexity index is 2170. The summed E-state index contributed by atoms with van der Waals surface area (Å²) in [6, 6.07) is 38.3. The molecule has 0 atom stereocenters. The Kier molecular flexibility index (Phi) is 4.83. The van der Waals surface area contributed by atoms with Gasteiger partial charge in [-0.2, -0.15) is 0 Å². The van der Waals surface area contributed by atoms with E-state index in [-0.39, 0.29) is 5.56 Å². The number of rotatable bonds is 3. The Labute approximate surface area is 226 Å². The molecule has 0 amide bonds. The largest absolute Gasteiger partial charge is 0.275 e. The van der Waals surface area contributed by atoms with Crippen LogP contribution in [0, 0.1) is 0 Å². The summed E-state index contributed by atoms with van der Waals surface area (Å²) in [5, 5.41) is 5.08. The molecule has 0 saturated carbocycles. The van der Waals surface area contributed by atoms with Gasteiger partial charge in [0, 0.05) is 21.5 Å². The minimum atomic E-state index is 0.0362. The van der Waals surface area contributed by atoms with Crippen molar-refractivity contribution in [1.29, 1.82) is 0 Å². The van der Waals surface area contributed by atoms with E-state index in [2.05, 4.69) is 115 Å². The Balaban J connectivity index is 1.53. The van der Waals surface area contributed by atoms with Crippen molar-refractivity contribution in [3.05, 3.63) is 143 Å². The maximum absolute atomic E-state index is 14.1. The van der Waals surface area contributed by atoms with Crippen molar-refractivity contribution >= 4 is 43.5 Å². The predicted molar refractivity (Wildman–Crippen MR) is 165 cm³/mol. The van der Waals surface area contributed by atoms with Crippen LogP contribution in [-0.2, 0) is 0 Å². The molecule has 0 bridgehead atoms. The molecule has 1 aliphatic carbocycles. The van der Waals surface area contributed by atoms with Gasteiger partial charge in [-0.05, 0) is 88.0 Å². The quantitative estimate of drug-likeness (QED) is 0.222. The van der Waals surface area contributed by atoms with Crippen molar-refractivity contribution in [1.82, 2.24) is 4.40 Å². The Hall–Kier alpha value is -4.95. The summed E-state index contributed by atoms with van der Waals surface area (Å²) in [6.07, 6.45) is 8.92. The first kappa shape index (κ1) is 22.1. The summed E-state index contributed by atoms with van der Waals surface area (Å²) in [5.74, 6) is 0. The predicted octanol–water partition coefficient (Wildman–Crippen LogP) is 9.26. The van der Waals surface area contributed by atoms with Crippen molar-refractivity contribution in [3.8, 4) is 22.3 Å². The van der Waals surface area contributed by atoms with E-state index in [0.29, 0.717) is 0 Å². The maximum atomic E-state index is 14.1. The van der Waals surface area contributed by atoms with Crippen LogP contribution in [0.2, 0.25) is 0 Å². The number of benzene rings is 5. The zero-order valence-electron chi connectivity index (χ0n) is 21.4. The Morgan fingerprint density at radius 3 is 1.87 bits per heavy atom. The van der Waals surface area contributed by atoms with Gasteiger partial charge in [0.1, 0.15) is 0 Å². The average molecular weight is 500 g/mol. The van der Waals surface area contributed by atoms with E-state index < -0.39 is 0 Å². The molecular weight excluding hydrogens is 474 g/mol. The van der Waals surface area contributed by atoms with Gasteiger partial charge < -0.3 is 0 Å². The first-order valence-electron chi connectivity index (χ1n) is 13.6. The third-order valence-electron chi connectivity index (χ3n) is 8.15. The summed E-state index contributed by atoms with van der Waals surface area (Å²) < 4.78 is 1.94. The molecule has 0 aliphatic heterocycles. The first-order valence-corrected chi connectivity index (χ1v) is 13.6. The number of nitrogens with zero attached hydrogens (tertiary/aromatic N) is 1. The van der Waals surface area contributed by atoms with E-state index >= 15 is 0 Å². The second-order valence-corrected chi connectivity index (χ2v) is 10.4. The molecule has 2 heteroatoms. The number of hydrogen-bond donors (Lipinski definition) is 0. The second-order valence-electron chi connectivity index (χ2n) is 10.4. The van der Waals surface area contributed by atoms with Crippen LogP contribution in [0.3, 0.4) is 0 Å². The molecule has 0 N–H and O–H groups in total. The normalized spacial score (nSPS) is 13.6. The SMILES string of the molecule is O=c1c2ccc(-c3ccccc3)cc2c2cc(-c3ccccc3)cc3c4cc(C5=CCCC=C5)ccc4n1c23. The van der Waals surface area contributed by atoms with Crippen molar-refractivity contribution in [2.24, 2.45) is 0 Å². The van der Waals surface area contributed by atoms with Crippen LogP contribution >= 0.6 is 0 Å². The van der Waals surface area contributed by atoms with E-state index in [4.69, 9.17) is 0 Å². The lowest BCUT2D eigenvalue weighted by atomic mass is 9.95. The molecule has 0 radical (unpaired) electrons. The molecule has 184 valence electrons. The molecule has 2 nitrogen and oxygen atoms in total. The second kappa shape index (κ2) is 8.54. The van der Waals surface area contributed by atoms with Crippen LogP contribution in [0.15, 0.2) is 132 Å². The molecule has 0 saturated heterocycles. The number of allylic oxidation sites excluding steroid dienone is 4. The molecule has 2 heterocycles. The van der Waals surface area contributed by atoms with Crippen molar-refractivity contribution in [3.63, 3.8) is 0 Å². The fourth-order valence-electron chi connectivity index (χ4n) is 6.25. The van der Waals surface area contributed by atoms with E-state index in [1.807, 2.05) is 16.5 Å². The molecule has 0 spiro atoms. The van der Waals surface area contributed by atoms with Gasteiger partial charge in [-0.25, -0.2) is 0 Å². The molecule has 0 fully saturated rings. The van der Waals surface area contributed by atoms with Gasteiger partial charge in [0.15, 0.2) is 0 Å². The first-order chi connectivity index (χ1) is 19.3. The highest BCUT2D eigenvalue weighted by molar-refractivity contribution is 6.22. The summed E-state index contributed by atoms with van der Waals surface area (Å²) in [6.45, 7) is 0. The molecular formula is C37H25NO. The molecule has 7 aromatic rings. The molecule has 0 unspecified atom stereocenters. The van der Waals surface area contributed by atoms with Gasteiger partial charge in [0.05, 0.1) is 11.0 Å². The zero-order chi connectivity index (χ0) is 25.9. The van der Waals surface area contributed by atoms with Gasteiger partial charge in [-0.3, -0.25) is 9.20 Å². The maximum Gasteiger partial charge on any atom is 0.263 e. The van der Waals surface area contributed by atoms with Crippen LogP contribution in [-0.4, -0.2) is 4.40 Å². The van der Waals surface area contributed by atoms with E-state index in [9.17, 15) is 4.79 Å². The summed E-state index contributed by atoms with van der Waals surface area (Å²) in [5.41, 5.74) is 9.03. The van der Waals surface area contributed by atoms with Gasteiger partial charge in [0.25, 0.3) is 5.56 Å². The fraction of sp³-hybridized carbons (Fsp3) is 0.0541. The average Bonchev–Trinajstić information content (AvgIpc) is 3.35. The third kappa shape index (κ3) is 3.38. The number of pyridine rings is 1. The topological polar surface area (TPSA) is 21.5 Å². The smallest absolute Gasteiger partial charge is 0.263 e. The van der Waals surface area contributed by atoms with Crippen LogP contribution in [0.1, 0.15) is 18.4 Å². The minimum absolute atomic E-state index is 0.0362. The molecule has 1 aliphatic rings. The van der Waals surface area contributed by atoms with Gasteiger partial charge in [-0.1, -0.05) is 91.0 Å². The lowest BCUT2D eigenvalue weighted by Crippen LogP contribution is -2.13. The highest BCUT2D eigenvalue weighted by Gasteiger charge is 2.20. The van der Waals surface area contributed by atoms with Crippen molar-refractivity contribution < 1.29 is 0 Å².